The number of hydrogen-bond donors (Lipinski definition) is 0. The molecule has 1 aromatic heterocycles. The monoisotopic (exact) mass is 228 g/mol. The van der Waals surface area contributed by atoms with Gasteiger partial charge < -0.3 is 0 Å². The Hall–Kier alpha value is -1.57. The Morgan fingerprint density at radius 2 is 1.94 bits per heavy atom. The largest absolute Gasteiger partial charge is 0.276 e. The fraction of sp³-hybridized carbons (Fsp3) is 0.400. The molecule has 0 radical (unpaired) electrons. The molecule has 17 heavy (non-hydrogen) atoms. The molecule has 0 aliphatic carbocycles. The minimum absolute atomic E-state index is 0.708. The molecule has 0 spiro atoms. The molecule has 0 saturated carbocycles. The summed E-state index contributed by atoms with van der Waals surface area (Å²) in [4.78, 5) is 0. The summed E-state index contributed by atoms with van der Waals surface area (Å²) in [6.45, 7) is 2.32. The molecule has 1 unspecified atom stereocenters. The summed E-state index contributed by atoms with van der Waals surface area (Å²) in [5.41, 5.74) is 2.78. The Labute approximate surface area is 103 Å². The number of aryl methyl sites for hydroxylation is 2. The molecule has 0 fully saturated rings. The highest BCUT2D eigenvalue weighted by Gasteiger charge is 2.05. The summed E-state index contributed by atoms with van der Waals surface area (Å²) in [6, 6.07) is 10.7. The van der Waals surface area contributed by atoms with E-state index < -0.39 is 0 Å². The van der Waals surface area contributed by atoms with Gasteiger partial charge in [-0.25, -0.2) is 0 Å². The molecule has 0 aliphatic rings. The van der Waals surface area contributed by atoms with Crippen LogP contribution < -0.4 is 0 Å². The Morgan fingerprint density at radius 1 is 1.18 bits per heavy atom. The highest BCUT2D eigenvalue weighted by Crippen LogP contribution is 2.14. The summed E-state index contributed by atoms with van der Waals surface area (Å²) in [7, 11) is 1.97. The molecule has 0 saturated heterocycles. The fourth-order valence-electron chi connectivity index (χ4n) is 2.14. The first-order chi connectivity index (χ1) is 8.24. The van der Waals surface area contributed by atoms with E-state index >= 15 is 0 Å². The van der Waals surface area contributed by atoms with Gasteiger partial charge in [-0.2, -0.15) is 5.10 Å². The number of nitrogens with zero attached hydrogens (tertiary/aromatic N) is 2. The predicted octanol–water partition coefficient (Wildman–Crippen LogP) is 3.23. The predicted molar refractivity (Wildman–Crippen MR) is 70.8 cm³/mol. The molecule has 2 heteroatoms. The van der Waals surface area contributed by atoms with Crippen LogP contribution in [-0.4, -0.2) is 9.78 Å². The number of aromatic nitrogens is 2. The van der Waals surface area contributed by atoms with Crippen molar-refractivity contribution in [1.29, 1.82) is 0 Å². The van der Waals surface area contributed by atoms with E-state index in [9.17, 15) is 0 Å². The summed E-state index contributed by atoms with van der Waals surface area (Å²) in [5, 5.41) is 4.20. The van der Waals surface area contributed by atoms with E-state index in [-0.39, 0.29) is 0 Å². The molecule has 2 nitrogen and oxygen atoms in total. The lowest BCUT2D eigenvalue weighted by molar-refractivity contribution is 0.530. The van der Waals surface area contributed by atoms with E-state index in [1.807, 2.05) is 17.9 Å². The highest BCUT2D eigenvalue weighted by molar-refractivity contribution is 5.14. The van der Waals surface area contributed by atoms with Gasteiger partial charge >= 0.3 is 0 Å². The van der Waals surface area contributed by atoms with Crippen molar-refractivity contribution in [2.24, 2.45) is 13.0 Å². The quantitative estimate of drug-likeness (QED) is 0.768. The zero-order valence-electron chi connectivity index (χ0n) is 10.6. The Kier molecular flexibility index (Phi) is 3.97. The van der Waals surface area contributed by atoms with Crippen LogP contribution in [0.1, 0.15) is 24.5 Å². The van der Waals surface area contributed by atoms with E-state index in [1.54, 1.807) is 0 Å². The Morgan fingerprint density at radius 3 is 2.59 bits per heavy atom. The summed E-state index contributed by atoms with van der Waals surface area (Å²) in [5.74, 6) is 0.708. The molecule has 1 aromatic carbocycles. The lowest BCUT2D eigenvalue weighted by atomic mass is 9.96. The molecule has 0 aliphatic heterocycles. The first-order valence-corrected chi connectivity index (χ1v) is 6.25. The lowest BCUT2D eigenvalue weighted by Gasteiger charge is -2.09. The van der Waals surface area contributed by atoms with Crippen molar-refractivity contribution in [3.63, 3.8) is 0 Å². The van der Waals surface area contributed by atoms with Crippen LogP contribution in [0, 0.1) is 5.92 Å². The maximum Gasteiger partial charge on any atom is 0.0521 e. The van der Waals surface area contributed by atoms with Crippen molar-refractivity contribution < 1.29 is 0 Å². The maximum absolute atomic E-state index is 4.20. The molecular formula is C15H20N2. The van der Waals surface area contributed by atoms with Gasteiger partial charge in [0.05, 0.1) is 6.20 Å². The van der Waals surface area contributed by atoms with Crippen LogP contribution in [0.2, 0.25) is 0 Å². The normalized spacial score (nSPS) is 12.6. The first kappa shape index (κ1) is 11.9. The second-order valence-corrected chi connectivity index (χ2v) is 4.86. The Balaban J connectivity index is 1.80. The fourth-order valence-corrected chi connectivity index (χ4v) is 2.14. The maximum atomic E-state index is 4.20. The summed E-state index contributed by atoms with van der Waals surface area (Å²) >= 11 is 0. The van der Waals surface area contributed by atoms with Crippen molar-refractivity contribution in [2.75, 3.05) is 0 Å². The molecule has 0 N–H and O–H groups in total. The number of hydrogen-bond acceptors (Lipinski definition) is 1. The van der Waals surface area contributed by atoms with Gasteiger partial charge in [-0.1, -0.05) is 37.3 Å². The third kappa shape index (κ3) is 3.74. The SMILES string of the molecule is CC(CCc1ccccc1)Cc1cnn(C)c1. The molecule has 1 heterocycles. The van der Waals surface area contributed by atoms with Crippen LogP contribution >= 0.6 is 0 Å². The molecule has 0 amide bonds. The molecular weight excluding hydrogens is 208 g/mol. The van der Waals surface area contributed by atoms with Gasteiger partial charge in [-0.05, 0) is 36.3 Å². The van der Waals surface area contributed by atoms with Crippen LogP contribution in [0.15, 0.2) is 42.7 Å². The molecule has 1 atom stereocenters. The van der Waals surface area contributed by atoms with Crippen molar-refractivity contribution in [3.05, 3.63) is 53.9 Å². The minimum atomic E-state index is 0.708. The molecule has 2 aromatic rings. The van der Waals surface area contributed by atoms with Crippen molar-refractivity contribution in [3.8, 4) is 0 Å². The standard InChI is InChI=1S/C15H20N2/c1-13(10-15-11-16-17(2)12-15)8-9-14-6-4-3-5-7-14/h3-7,11-13H,8-10H2,1-2H3. The van der Waals surface area contributed by atoms with Crippen LogP contribution in [0.3, 0.4) is 0 Å². The van der Waals surface area contributed by atoms with Gasteiger partial charge in [0.1, 0.15) is 0 Å². The van der Waals surface area contributed by atoms with Gasteiger partial charge in [-0.15, -0.1) is 0 Å². The van der Waals surface area contributed by atoms with E-state index in [2.05, 4.69) is 48.6 Å². The van der Waals surface area contributed by atoms with E-state index in [0.29, 0.717) is 5.92 Å². The average molecular weight is 228 g/mol. The lowest BCUT2D eigenvalue weighted by Crippen LogP contribution is -2.01. The van der Waals surface area contributed by atoms with Crippen molar-refractivity contribution in [2.45, 2.75) is 26.2 Å². The van der Waals surface area contributed by atoms with Gasteiger partial charge in [0.15, 0.2) is 0 Å². The van der Waals surface area contributed by atoms with Gasteiger partial charge in [0.25, 0.3) is 0 Å². The molecule has 0 bridgehead atoms. The first-order valence-electron chi connectivity index (χ1n) is 6.25. The van der Waals surface area contributed by atoms with Gasteiger partial charge in [0.2, 0.25) is 0 Å². The zero-order valence-corrected chi connectivity index (χ0v) is 10.6. The third-order valence-electron chi connectivity index (χ3n) is 3.11. The Bertz CT molecular complexity index is 445. The minimum Gasteiger partial charge on any atom is -0.276 e. The van der Waals surface area contributed by atoms with Crippen molar-refractivity contribution in [1.82, 2.24) is 9.78 Å². The number of rotatable bonds is 5. The molecule has 90 valence electrons. The van der Waals surface area contributed by atoms with E-state index in [4.69, 9.17) is 0 Å². The van der Waals surface area contributed by atoms with Crippen LogP contribution in [-0.2, 0) is 19.9 Å². The topological polar surface area (TPSA) is 17.8 Å². The van der Waals surface area contributed by atoms with Gasteiger partial charge in [-0.3, -0.25) is 4.68 Å². The van der Waals surface area contributed by atoms with Crippen molar-refractivity contribution >= 4 is 0 Å². The third-order valence-corrected chi connectivity index (χ3v) is 3.11. The van der Waals surface area contributed by atoms with Gasteiger partial charge in [0, 0.05) is 13.2 Å². The summed E-state index contributed by atoms with van der Waals surface area (Å²) < 4.78 is 1.87. The number of benzene rings is 1. The van der Waals surface area contributed by atoms with Crippen LogP contribution in [0.25, 0.3) is 0 Å². The second kappa shape index (κ2) is 5.67. The highest BCUT2D eigenvalue weighted by atomic mass is 15.2. The average Bonchev–Trinajstić information content (AvgIpc) is 2.73. The van der Waals surface area contributed by atoms with Crippen LogP contribution in [0.5, 0.6) is 0 Å². The van der Waals surface area contributed by atoms with E-state index in [1.165, 1.54) is 24.0 Å². The van der Waals surface area contributed by atoms with E-state index in [0.717, 1.165) is 6.42 Å². The summed E-state index contributed by atoms with van der Waals surface area (Å²) in [6.07, 6.45) is 7.61. The zero-order chi connectivity index (χ0) is 12.1. The van der Waals surface area contributed by atoms with Crippen LogP contribution in [0.4, 0.5) is 0 Å². The second-order valence-electron chi connectivity index (χ2n) is 4.86. The smallest absolute Gasteiger partial charge is 0.0521 e. The molecule has 2 rings (SSSR count).